The van der Waals surface area contributed by atoms with Gasteiger partial charge >= 0.3 is 0 Å². The van der Waals surface area contributed by atoms with Crippen molar-refractivity contribution >= 4 is 23.4 Å². The molecule has 8 heteroatoms. The topological polar surface area (TPSA) is 97.0 Å². The first-order valence-corrected chi connectivity index (χ1v) is 12.4. The molecule has 5 rings (SSSR count). The molecule has 3 amide bonds. The average Bonchev–Trinajstić information content (AvgIpc) is 3.48. The summed E-state index contributed by atoms with van der Waals surface area (Å²) >= 11 is 0. The third-order valence-corrected chi connectivity index (χ3v) is 7.70. The Bertz CT molecular complexity index is 987. The van der Waals surface area contributed by atoms with Crippen molar-refractivity contribution < 1.29 is 23.9 Å². The second-order valence-corrected chi connectivity index (χ2v) is 9.79. The van der Waals surface area contributed by atoms with E-state index in [0.717, 1.165) is 32.1 Å². The van der Waals surface area contributed by atoms with E-state index < -0.39 is 29.6 Å². The molecule has 2 saturated heterocycles. The second kappa shape index (κ2) is 9.06. The van der Waals surface area contributed by atoms with E-state index in [4.69, 9.17) is 9.47 Å². The number of amides is 3. The number of carbonyl (C=O) groups excluding carboxylic acids is 3. The van der Waals surface area contributed by atoms with Gasteiger partial charge in [-0.25, -0.2) is 0 Å². The molecule has 182 valence electrons. The summed E-state index contributed by atoms with van der Waals surface area (Å²) in [6, 6.07) is 6.43. The number of anilines is 1. The van der Waals surface area contributed by atoms with E-state index in [0.29, 0.717) is 18.0 Å². The fourth-order valence-electron chi connectivity index (χ4n) is 6.18. The van der Waals surface area contributed by atoms with Crippen molar-refractivity contribution in [2.75, 3.05) is 19.0 Å². The average molecular weight is 468 g/mol. The summed E-state index contributed by atoms with van der Waals surface area (Å²) in [5.41, 5.74) is -0.480. The van der Waals surface area contributed by atoms with Crippen LogP contribution < -0.4 is 15.4 Å². The van der Waals surface area contributed by atoms with Gasteiger partial charge in [-0.1, -0.05) is 38.3 Å². The van der Waals surface area contributed by atoms with Gasteiger partial charge in [0.1, 0.15) is 17.4 Å². The molecule has 2 N–H and O–H groups in total. The first kappa shape index (κ1) is 22.9. The van der Waals surface area contributed by atoms with Gasteiger partial charge in [0.25, 0.3) is 0 Å². The molecule has 1 aliphatic carbocycles. The standard InChI is InChI=1S/C26H33N3O5/c1-3-15-29-22(24(31)28-16-7-5-4-6-8-16)26-14-13-19(34-26)20(21(26)25(29)32)23(30)27-17-9-11-18(33-2)12-10-17/h9-14,16,19-22H,3-8,15H2,1-2H3,(H,27,30)(H,28,31)/t19-,20?,21-,22?,26?/m1/s1. The van der Waals surface area contributed by atoms with Crippen molar-refractivity contribution in [2.24, 2.45) is 11.8 Å². The van der Waals surface area contributed by atoms with Crippen LogP contribution in [0.25, 0.3) is 0 Å². The highest BCUT2D eigenvalue weighted by atomic mass is 16.5. The molecule has 0 radical (unpaired) electrons. The van der Waals surface area contributed by atoms with Crippen LogP contribution in [-0.2, 0) is 19.1 Å². The molecule has 3 unspecified atom stereocenters. The van der Waals surface area contributed by atoms with Gasteiger partial charge in [0.05, 0.1) is 25.0 Å². The van der Waals surface area contributed by atoms with Crippen LogP contribution in [0.1, 0.15) is 45.4 Å². The van der Waals surface area contributed by atoms with Gasteiger partial charge in [0.15, 0.2) is 0 Å². The monoisotopic (exact) mass is 467 g/mol. The molecule has 8 nitrogen and oxygen atoms in total. The van der Waals surface area contributed by atoms with Crippen LogP contribution >= 0.6 is 0 Å². The van der Waals surface area contributed by atoms with Gasteiger partial charge in [-0.15, -0.1) is 0 Å². The van der Waals surface area contributed by atoms with Gasteiger partial charge in [-0.3, -0.25) is 14.4 Å². The molecule has 3 aliphatic heterocycles. The molecule has 2 bridgehead atoms. The molecule has 34 heavy (non-hydrogen) atoms. The van der Waals surface area contributed by atoms with Crippen molar-refractivity contribution in [1.29, 1.82) is 0 Å². The lowest BCUT2D eigenvalue weighted by molar-refractivity contribution is -0.141. The second-order valence-electron chi connectivity index (χ2n) is 9.79. The van der Waals surface area contributed by atoms with E-state index in [2.05, 4.69) is 10.6 Å². The quantitative estimate of drug-likeness (QED) is 0.601. The predicted octanol–water partition coefficient (Wildman–Crippen LogP) is 2.64. The highest BCUT2D eigenvalue weighted by Crippen LogP contribution is 2.55. The Kier molecular flexibility index (Phi) is 6.10. The SMILES string of the molecule is CCCN1C(=O)[C@H]2C(C(=O)Nc3ccc(OC)cc3)[C@H]3C=CC2(O3)C1C(=O)NC1CCCCC1. The largest absolute Gasteiger partial charge is 0.497 e. The Hall–Kier alpha value is -2.87. The third kappa shape index (κ3) is 3.68. The fraction of sp³-hybridized carbons (Fsp3) is 0.577. The van der Waals surface area contributed by atoms with Crippen molar-refractivity contribution in [2.45, 2.75) is 69.2 Å². The molecular formula is C26H33N3O5. The molecule has 4 aliphatic rings. The number of carbonyl (C=O) groups is 3. The molecule has 1 aromatic rings. The molecule has 3 fully saturated rings. The van der Waals surface area contributed by atoms with Crippen LogP contribution in [0.2, 0.25) is 0 Å². The van der Waals surface area contributed by atoms with Gasteiger partial charge in [0.2, 0.25) is 17.7 Å². The number of hydrogen-bond acceptors (Lipinski definition) is 5. The first-order valence-electron chi connectivity index (χ1n) is 12.4. The predicted molar refractivity (Wildman–Crippen MR) is 126 cm³/mol. The Labute approximate surface area is 200 Å². The molecule has 1 saturated carbocycles. The summed E-state index contributed by atoms with van der Waals surface area (Å²) in [6.07, 6.45) is 9.22. The van der Waals surface area contributed by atoms with Crippen molar-refractivity contribution in [3.05, 3.63) is 36.4 Å². The van der Waals surface area contributed by atoms with Gasteiger partial charge in [0, 0.05) is 18.3 Å². The summed E-state index contributed by atoms with van der Waals surface area (Å²) in [4.78, 5) is 42.2. The lowest BCUT2D eigenvalue weighted by atomic mass is 9.74. The van der Waals surface area contributed by atoms with Crippen LogP contribution in [-0.4, -0.2) is 60.1 Å². The maximum absolute atomic E-state index is 13.7. The van der Waals surface area contributed by atoms with Crippen molar-refractivity contribution in [3.8, 4) is 5.75 Å². The van der Waals surface area contributed by atoms with E-state index in [9.17, 15) is 14.4 Å². The Morgan fingerprint density at radius 1 is 1.15 bits per heavy atom. The number of likely N-dealkylation sites (tertiary alicyclic amines) is 1. The fourth-order valence-corrected chi connectivity index (χ4v) is 6.18. The maximum atomic E-state index is 13.7. The zero-order valence-corrected chi connectivity index (χ0v) is 19.8. The van der Waals surface area contributed by atoms with E-state index in [1.165, 1.54) is 6.42 Å². The summed E-state index contributed by atoms with van der Waals surface area (Å²) in [6.45, 7) is 2.44. The van der Waals surface area contributed by atoms with E-state index in [1.54, 1.807) is 36.3 Å². The van der Waals surface area contributed by atoms with Crippen LogP contribution in [0.5, 0.6) is 5.75 Å². The Balaban J connectivity index is 1.40. The number of nitrogens with zero attached hydrogens (tertiary/aromatic N) is 1. The summed E-state index contributed by atoms with van der Waals surface area (Å²) in [7, 11) is 1.58. The lowest BCUT2D eigenvalue weighted by Gasteiger charge is -2.34. The van der Waals surface area contributed by atoms with Crippen molar-refractivity contribution in [1.82, 2.24) is 10.2 Å². The smallest absolute Gasteiger partial charge is 0.246 e. The minimum atomic E-state index is -1.10. The highest BCUT2D eigenvalue weighted by molar-refractivity contribution is 6.02. The molecule has 1 aromatic carbocycles. The van der Waals surface area contributed by atoms with E-state index in [-0.39, 0.29) is 23.8 Å². The van der Waals surface area contributed by atoms with E-state index >= 15 is 0 Å². The van der Waals surface area contributed by atoms with E-state index in [1.807, 2.05) is 19.1 Å². The number of methoxy groups -OCH3 is 1. The van der Waals surface area contributed by atoms with Crippen molar-refractivity contribution in [3.63, 3.8) is 0 Å². The highest BCUT2D eigenvalue weighted by Gasteiger charge is 2.72. The number of fused-ring (bicyclic) bond motifs is 1. The Morgan fingerprint density at radius 2 is 1.88 bits per heavy atom. The number of rotatable bonds is 7. The number of benzene rings is 1. The van der Waals surface area contributed by atoms with Gasteiger partial charge < -0.3 is 25.0 Å². The van der Waals surface area contributed by atoms with Gasteiger partial charge in [-0.05, 0) is 43.5 Å². The zero-order chi connectivity index (χ0) is 23.9. The summed E-state index contributed by atoms with van der Waals surface area (Å²) in [5.74, 6) is -1.33. The number of hydrogen-bond donors (Lipinski definition) is 2. The Morgan fingerprint density at radius 3 is 2.56 bits per heavy atom. The number of nitrogens with one attached hydrogen (secondary N) is 2. The molecule has 0 aromatic heterocycles. The van der Waals surface area contributed by atoms with Crippen LogP contribution in [0, 0.1) is 11.8 Å². The third-order valence-electron chi connectivity index (χ3n) is 7.70. The summed E-state index contributed by atoms with van der Waals surface area (Å²) < 4.78 is 11.5. The minimum Gasteiger partial charge on any atom is -0.497 e. The molecule has 3 heterocycles. The van der Waals surface area contributed by atoms with Crippen LogP contribution in [0.3, 0.4) is 0 Å². The number of ether oxygens (including phenoxy) is 2. The van der Waals surface area contributed by atoms with Crippen LogP contribution in [0.4, 0.5) is 5.69 Å². The minimum absolute atomic E-state index is 0.132. The molecule has 1 spiro atoms. The lowest BCUT2D eigenvalue weighted by Crippen LogP contribution is -2.56. The first-order chi connectivity index (χ1) is 16.5. The van der Waals surface area contributed by atoms with Gasteiger partial charge in [-0.2, -0.15) is 0 Å². The summed E-state index contributed by atoms with van der Waals surface area (Å²) in [5, 5.41) is 6.12. The molecular weight excluding hydrogens is 434 g/mol. The van der Waals surface area contributed by atoms with Crippen LogP contribution in [0.15, 0.2) is 36.4 Å². The maximum Gasteiger partial charge on any atom is 0.246 e. The zero-order valence-electron chi connectivity index (χ0n) is 19.8. The normalized spacial score (nSPS) is 32.1. The molecule has 5 atom stereocenters.